The molecule has 0 N–H and O–H groups in total. The van der Waals surface area contributed by atoms with Gasteiger partial charge in [0.1, 0.15) is 6.61 Å². The van der Waals surface area contributed by atoms with Crippen molar-refractivity contribution in [2.45, 2.75) is 12.7 Å². The zero-order valence-corrected chi connectivity index (χ0v) is 11.1. The van der Waals surface area contributed by atoms with Crippen molar-refractivity contribution in [1.29, 1.82) is 0 Å². The molecule has 0 aromatic heterocycles. The smallest absolute Gasteiger partial charge is 0.429 e. The fourth-order valence-electron chi connectivity index (χ4n) is 2.06. The third-order valence-corrected chi connectivity index (χ3v) is 3.11. The van der Waals surface area contributed by atoms with Crippen LogP contribution in [0.2, 0.25) is 0 Å². The van der Waals surface area contributed by atoms with Crippen LogP contribution < -0.4 is 0 Å². The number of amides is 2. The van der Waals surface area contributed by atoms with E-state index in [0.717, 1.165) is 5.56 Å². The van der Waals surface area contributed by atoms with Crippen LogP contribution in [0.15, 0.2) is 60.7 Å². The molecule has 21 heavy (non-hydrogen) atoms. The molecule has 2 amide bonds. The molecule has 1 saturated heterocycles. The third kappa shape index (κ3) is 2.78. The van der Waals surface area contributed by atoms with Crippen molar-refractivity contribution in [3.05, 3.63) is 71.8 Å². The van der Waals surface area contributed by atoms with Crippen LogP contribution in [0.5, 0.6) is 0 Å². The Morgan fingerprint density at radius 1 is 0.952 bits per heavy atom. The molecule has 1 aliphatic rings. The number of cyclic esters (lactones) is 1. The van der Waals surface area contributed by atoms with Crippen molar-refractivity contribution in [2.24, 2.45) is 0 Å². The van der Waals surface area contributed by atoms with Gasteiger partial charge in [-0.2, -0.15) is 0 Å². The summed E-state index contributed by atoms with van der Waals surface area (Å²) in [7, 11) is 0. The Balaban J connectivity index is 1.70. The van der Waals surface area contributed by atoms with Crippen LogP contribution in [0.1, 0.15) is 17.2 Å². The Hall–Kier alpha value is -2.66. The standard InChI is InChI=1S/C16H13NO4/c18-15-14(13-9-5-2-6-10-13)21-16(19)17(15)20-11-12-7-3-1-4-8-12/h1-10,14H,11H2. The zero-order chi connectivity index (χ0) is 14.7. The van der Waals surface area contributed by atoms with Gasteiger partial charge in [-0.15, -0.1) is 5.06 Å². The van der Waals surface area contributed by atoms with E-state index in [1.165, 1.54) is 0 Å². The summed E-state index contributed by atoms with van der Waals surface area (Å²) in [6.45, 7) is 0.128. The minimum Gasteiger partial charge on any atom is -0.429 e. The Bertz CT molecular complexity index is 642. The molecule has 0 spiro atoms. The molecule has 2 aromatic rings. The highest BCUT2D eigenvalue weighted by molar-refractivity contribution is 5.99. The van der Waals surface area contributed by atoms with Crippen molar-refractivity contribution in [3.8, 4) is 0 Å². The lowest BCUT2D eigenvalue weighted by Crippen LogP contribution is -2.29. The van der Waals surface area contributed by atoms with Gasteiger partial charge in [-0.05, 0) is 5.56 Å². The molecule has 1 unspecified atom stereocenters. The van der Waals surface area contributed by atoms with Crippen molar-refractivity contribution in [3.63, 3.8) is 0 Å². The lowest BCUT2D eigenvalue weighted by molar-refractivity contribution is -0.167. The number of imide groups is 1. The molecule has 1 atom stereocenters. The van der Waals surface area contributed by atoms with E-state index < -0.39 is 18.1 Å². The molecule has 1 fully saturated rings. The molecular weight excluding hydrogens is 270 g/mol. The van der Waals surface area contributed by atoms with Gasteiger partial charge in [-0.1, -0.05) is 60.7 Å². The van der Waals surface area contributed by atoms with Gasteiger partial charge in [-0.25, -0.2) is 4.79 Å². The van der Waals surface area contributed by atoms with Crippen LogP contribution in [0.4, 0.5) is 4.79 Å². The van der Waals surface area contributed by atoms with Gasteiger partial charge < -0.3 is 4.74 Å². The van der Waals surface area contributed by atoms with Crippen LogP contribution >= 0.6 is 0 Å². The monoisotopic (exact) mass is 283 g/mol. The van der Waals surface area contributed by atoms with Gasteiger partial charge in [0, 0.05) is 5.56 Å². The summed E-state index contributed by atoms with van der Waals surface area (Å²) in [6.07, 6.45) is -1.72. The van der Waals surface area contributed by atoms with Crippen molar-refractivity contribution >= 4 is 12.0 Å². The van der Waals surface area contributed by atoms with Gasteiger partial charge in [0.2, 0.25) is 6.10 Å². The highest BCUT2D eigenvalue weighted by atomic mass is 16.8. The van der Waals surface area contributed by atoms with E-state index in [4.69, 9.17) is 9.57 Å². The highest BCUT2D eigenvalue weighted by Crippen LogP contribution is 2.27. The first-order valence-corrected chi connectivity index (χ1v) is 6.52. The lowest BCUT2D eigenvalue weighted by Gasteiger charge is -2.11. The predicted molar refractivity (Wildman–Crippen MR) is 73.7 cm³/mol. The van der Waals surface area contributed by atoms with E-state index in [0.29, 0.717) is 10.6 Å². The van der Waals surface area contributed by atoms with Crippen molar-refractivity contribution in [1.82, 2.24) is 5.06 Å². The number of rotatable bonds is 4. The third-order valence-electron chi connectivity index (χ3n) is 3.11. The average molecular weight is 283 g/mol. The van der Waals surface area contributed by atoms with E-state index in [9.17, 15) is 9.59 Å². The molecule has 0 aliphatic carbocycles. The molecule has 2 aromatic carbocycles. The highest BCUT2D eigenvalue weighted by Gasteiger charge is 2.42. The summed E-state index contributed by atoms with van der Waals surface area (Å²) in [6, 6.07) is 18.1. The van der Waals surface area contributed by atoms with Gasteiger partial charge in [0.25, 0.3) is 0 Å². The lowest BCUT2D eigenvalue weighted by atomic mass is 10.1. The molecule has 0 radical (unpaired) electrons. The number of hydrogen-bond donors (Lipinski definition) is 0. The number of carbonyl (C=O) groups excluding carboxylic acids is 2. The first-order valence-electron chi connectivity index (χ1n) is 6.52. The normalized spacial score (nSPS) is 17.9. The second kappa shape index (κ2) is 5.76. The molecule has 5 nitrogen and oxygen atoms in total. The Kier molecular flexibility index (Phi) is 3.66. The van der Waals surface area contributed by atoms with E-state index in [-0.39, 0.29) is 6.61 Å². The molecule has 1 heterocycles. The maximum absolute atomic E-state index is 12.2. The van der Waals surface area contributed by atoms with E-state index in [1.807, 2.05) is 36.4 Å². The summed E-state index contributed by atoms with van der Waals surface area (Å²) in [5, 5.41) is 0.685. The number of nitrogens with zero attached hydrogens (tertiary/aromatic N) is 1. The average Bonchev–Trinajstić information content (AvgIpc) is 2.82. The number of hydroxylamine groups is 2. The number of hydrogen-bond acceptors (Lipinski definition) is 4. The van der Waals surface area contributed by atoms with Crippen LogP contribution in [-0.2, 0) is 21.0 Å². The summed E-state index contributed by atoms with van der Waals surface area (Å²) >= 11 is 0. The molecule has 3 rings (SSSR count). The van der Waals surface area contributed by atoms with E-state index in [1.54, 1.807) is 24.3 Å². The minimum absolute atomic E-state index is 0.128. The Morgan fingerprint density at radius 2 is 1.57 bits per heavy atom. The van der Waals surface area contributed by atoms with Crippen LogP contribution in [0.3, 0.4) is 0 Å². The maximum Gasteiger partial charge on any atom is 0.442 e. The van der Waals surface area contributed by atoms with E-state index in [2.05, 4.69) is 0 Å². The first kappa shape index (κ1) is 13.3. The second-order valence-electron chi connectivity index (χ2n) is 4.57. The second-order valence-corrected chi connectivity index (χ2v) is 4.57. The number of benzene rings is 2. The summed E-state index contributed by atoms with van der Waals surface area (Å²) in [4.78, 5) is 29.2. The Morgan fingerprint density at radius 3 is 2.24 bits per heavy atom. The van der Waals surface area contributed by atoms with Crippen LogP contribution in [0, 0.1) is 0 Å². The fraction of sp³-hybridized carbons (Fsp3) is 0.125. The maximum atomic E-state index is 12.2. The summed E-state index contributed by atoms with van der Waals surface area (Å²) < 4.78 is 5.07. The SMILES string of the molecule is O=C1OC(c2ccccc2)C(=O)N1OCc1ccccc1. The van der Waals surface area contributed by atoms with Gasteiger partial charge in [0.15, 0.2) is 0 Å². The predicted octanol–water partition coefficient (Wildman–Crippen LogP) is 2.84. The molecule has 0 bridgehead atoms. The zero-order valence-electron chi connectivity index (χ0n) is 11.1. The summed E-state index contributed by atoms with van der Waals surface area (Å²) in [5.41, 5.74) is 1.49. The van der Waals surface area contributed by atoms with Crippen molar-refractivity contribution < 1.29 is 19.2 Å². The van der Waals surface area contributed by atoms with Crippen molar-refractivity contribution in [2.75, 3.05) is 0 Å². The quantitative estimate of drug-likeness (QED) is 0.865. The topological polar surface area (TPSA) is 55.8 Å². The van der Waals surface area contributed by atoms with Crippen LogP contribution in [0.25, 0.3) is 0 Å². The summed E-state index contributed by atoms with van der Waals surface area (Å²) in [5.74, 6) is -0.512. The molecular formula is C16H13NO4. The first-order chi connectivity index (χ1) is 10.3. The van der Waals surface area contributed by atoms with E-state index >= 15 is 0 Å². The molecule has 0 saturated carbocycles. The largest absolute Gasteiger partial charge is 0.442 e. The van der Waals surface area contributed by atoms with Gasteiger partial charge in [-0.3, -0.25) is 9.63 Å². The minimum atomic E-state index is -0.936. The van der Waals surface area contributed by atoms with Gasteiger partial charge in [0.05, 0.1) is 0 Å². The number of carbonyl (C=O) groups is 2. The molecule has 106 valence electrons. The van der Waals surface area contributed by atoms with Crippen LogP contribution in [-0.4, -0.2) is 17.1 Å². The number of ether oxygens (including phenoxy) is 1. The van der Waals surface area contributed by atoms with Gasteiger partial charge >= 0.3 is 12.0 Å². The molecule has 5 heteroatoms. The molecule has 1 aliphatic heterocycles. The fourth-order valence-corrected chi connectivity index (χ4v) is 2.06. The Labute approximate surface area is 121 Å².